The van der Waals surface area contributed by atoms with Crippen LogP contribution in [0.25, 0.3) is 0 Å². The first-order valence-electron chi connectivity index (χ1n) is 4.10. The van der Waals surface area contributed by atoms with Crippen molar-refractivity contribution in [2.24, 2.45) is 10.3 Å². The largest absolute Gasteiger partial charge is 0.271 e. The standard InChI is InChI=1S/C9H9N3O/c13-9-8(10-12-11-9)6-7-4-2-1-3-5-7/h1-5,8H,6H2,(H,10,11,13). The summed E-state index contributed by atoms with van der Waals surface area (Å²) in [7, 11) is 0. The van der Waals surface area contributed by atoms with Crippen LogP contribution in [0.3, 0.4) is 0 Å². The van der Waals surface area contributed by atoms with E-state index in [-0.39, 0.29) is 11.9 Å². The molecule has 0 saturated carbocycles. The third-order valence-corrected chi connectivity index (χ3v) is 1.93. The summed E-state index contributed by atoms with van der Waals surface area (Å²) in [4.78, 5) is 11.1. The van der Waals surface area contributed by atoms with E-state index in [0.717, 1.165) is 5.56 Å². The van der Waals surface area contributed by atoms with E-state index < -0.39 is 0 Å². The molecule has 1 amide bonds. The molecule has 1 aliphatic heterocycles. The number of hydrogen-bond donors (Lipinski definition) is 1. The molecule has 0 aromatic heterocycles. The lowest BCUT2D eigenvalue weighted by Gasteiger charge is -2.02. The molecule has 1 aromatic rings. The van der Waals surface area contributed by atoms with Crippen molar-refractivity contribution >= 4 is 5.91 Å². The molecule has 0 saturated heterocycles. The lowest BCUT2D eigenvalue weighted by Crippen LogP contribution is -2.24. The minimum absolute atomic E-state index is 0.121. The van der Waals surface area contributed by atoms with Crippen molar-refractivity contribution in [3.05, 3.63) is 35.9 Å². The molecule has 1 unspecified atom stereocenters. The van der Waals surface area contributed by atoms with E-state index in [1.165, 1.54) is 0 Å². The summed E-state index contributed by atoms with van der Waals surface area (Å²) < 4.78 is 0. The third kappa shape index (κ3) is 1.72. The summed E-state index contributed by atoms with van der Waals surface area (Å²) >= 11 is 0. The van der Waals surface area contributed by atoms with E-state index in [1.807, 2.05) is 30.3 Å². The van der Waals surface area contributed by atoms with E-state index in [2.05, 4.69) is 15.8 Å². The van der Waals surface area contributed by atoms with Crippen molar-refractivity contribution in [1.82, 2.24) is 5.43 Å². The molecular formula is C9H9N3O. The fourth-order valence-corrected chi connectivity index (χ4v) is 1.25. The summed E-state index contributed by atoms with van der Waals surface area (Å²) in [6, 6.07) is 9.43. The van der Waals surface area contributed by atoms with Gasteiger partial charge in [-0.1, -0.05) is 35.6 Å². The lowest BCUT2D eigenvalue weighted by molar-refractivity contribution is -0.120. The van der Waals surface area contributed by atoms with Gasteiger partial charge in [-0.15, -0.1) is 0 Å². The fraction of sp³-hybridized carbons (Fsp3) is 0.222. The molecule has 0 bridgehead atoms. The minimum atomic E-state index is -0.345. The van der Waals surface area contributed by atoms with Crippen molar-refractivity contribution in [3.63, 3.8) is 0 Å². The number of nitrogens with one attached hydrogen (secondary N) is 1. The van der Waals surface area contributed by atoms with Crippen molar-refractivity contribution < 1.29 is 4.79 Å². The van der Waals surface area contributed by atoms with Crippen LogP contribution in [0.4, 0.5) is 0 Å². The molecule has 1 N–H and O–H groups in total. The van der Waals surface area contributed by atoms with Gasteiger partial charge in [0.2, 0.25) is 0 Å². The molecule has 0 radical (unpaired) electrons. The van der Waals surface area contributed by atoms with Gasteiger partial charge in [0.25, 0.3) is 5.91 Å². The molecule has 1 aliphatic rings. The van der Waals surface area contributed by atoms with Crippen LogP contribution in [0.1, 0.15) is 5.56 Å². The topological polar surface area (TPSA) is 53.8 Å². The van der Waals surface area contributed by atoms with Crippen molar-refractivity contribution in [2.45, 2.75) is 12.5 Å². The highest BCUT2D eigenvalue weighted by Crippen LogP contribution is 2.08. The second-order valence-corrected chi connectivity index (χ2v) is 2.90. The molecule has 1 aromatic carbocycles. The quantitative estimate of drug-likeness (QED) is 0.718. The maximum absolute atomic E-state index is 11.1. The number of carbonyl (C=O) groups excluding carboxylic acids is 1. The Balaban J connectivity index is 2.06. The Labute approximate surface area is 75.6 Å². The van der Waals surface area contributed by atoms with Crippen LogP contribution < -0.4 is 5.43 Å². The first-order chi connectivity index (χ1) is 6.36. The average Bonchev–Trinajstić information content (AvgIpc) is 2.54. The molecule has 66 valence electrons. The van der Waals surface area contributed by atoms with Gasteiger partial charge in [0.15, 0.2) is 6.04 Å². The van der Waals surface area contributed by atoms with Gasteiger partial charge in [0.1, 0.15) is 0 Å². The van der Waals surface area contributed by atoms with Crippen molar-refractivity contribution in [3.8, 4) is 0 Å². The molecular weight excluding hydrogens is 166 g/mol. The van der Waals surface area contributed by atoms with E-state index in [4.69, 9.17) is 0 Å². The molecule has 0 fully saturated rings. The molecule has 2 rings (SSSR count). The molecule has 1 atom stereocenters. The summed E-state index contributed by atoms with van der Waals surface area (Å²) in [5, 5.41) is 7.24. The van der Waals surface area contributed by atoms with Gasteiger partial charge in [0, 0.05) is 6.42 Å². The van der Waals surface area contributed by atoms with Gasteiger partial charge in [-0.2, -0.15) is 5.11 Å². The lowest BCUT2D eigenvalue weighted by atomic mass is 10.1. The molecule has 0 spiro atoms. The summed E-state index contributed by atoms with van der Waals surface area (Å²) in [5.41, 5.74) is 3.41. The van der Waals surface area contributed by atoms with Crippen LogP contribution in [-0.4, -0.2) is 11.9 Å². The molecule has 4 heteroatoms. The van der Waals surface area contributed by atoms with Crippen LogP contribution in [0.5, 0.6) is 0 Å². The summed E-state index contributed by atoms with van der Waals surface area (Å²) in [6.07, 6.45) is 0.621. The normalized spacial score (nSPS) is 20.3. The zero-order chi connectivity index (χ0) is 9.10. The molecule has 13 heavy (non-hydrogen) atoms. The van der Waals surface area contributed by atoms with E-state index in [9.17, 15) is 4.79 Å². The Hall–Kier alpha value is -1.71. The highest BCUT2D eigenvalue weighted by Gasteiger charge is 2.22. The average molecular weight is 175 g/mol. The molecule has 1 heterocycles. The van der Waals surface area contributed by atoms with E-state index in [0.29, 0.717) is 6.42 Å². The summed E-state index contributed by atoms with van der Waals surface area (Å²) in [5.74, 6) is -0.121. The Morgan fingerprint density at radius 2 is 2.08 bits per heavy atom. The SMILES string of the molecule is O=C1NN=NC1Cc1ccccc1. The monoisotopic (exact) mass is 175 g/mol. The van der Waals surface area contributed by atoms with E-state index in [1.54, 1.807) is 0 Å². The van der Waals surface area contributed by atoms with Crippen molar-refractivity contribution in [1.29, 1.82) is 0 Å². The highest BCUT2D eigenvalue weighted by atomic mass is 16.2. The second kappa shape index (κ2) is 3.35. The van der Waals surface area contributed by atoms with Crippen LogP contribution >= 0.6 is 0 Å². The van der Waals surface area contributed by atoms with Crippen LogP contribution in [0.15, 0.2) is 40.7 Å². The first kappa shape index (κ1) is 7.91. The predicted molar refractivity (Wildman–Crippen MR) is 46.9 cm³/mol. The maximum Gasteiger partial charge on any atom is 0.268 e. The van der Waals surface area contributed by atoms with E-state index >= 15 is 0 Å². The Morgan fingerprint density at radius 3 is 2.69 bits per heavy atom. The second-order valence-electron chi connectivity index (χ2n) is 2.90. The number of hydrogen-bond acceptors (Lipinski definition) is 3. The maximum atomic E-state index is 11.1. The number of benzene rings is 1. The minimum Gasteiger partial charge on any atom is -0.271 e. The van der Waals surface area contributed by atoms with Crippen LogP contribution in [0, 0.1) is 0 Å². The Kier molecular flexibility index (Phi) is 2.04. The van der Waals surface area contributed by atoms with Gasteiger partial charge in [-0.25, -0.2) is 5.43 Å². The predicted octanol–water partition coefficient (Wildman–Crippen LogP) is 1.09. The van der Waals surface area contributed by atoms with Gasteiger partial charge in [0.05, 0.1) is 0 Å². The first-order valence-corrected chi connectivity index (χ1v) is 4.10. The van der Waals surface area contributed by atoms with Gasteiger partial charge in [-0.3, -0.25) is 4.79 Å². The zero-order valence-corrected chi connectivity index (χ0v) is 6.97. The van der Waals surface area contributed by atoms with Gasteiger partial charge >= 0.3 is 0 Å². The fourth-order valence-electron chi connectivity index (χ4n) is 1.25. The number of carbonyl (C=O) groups is 1. The third-order valence-electron chi connectivity index (χ3n) is 1.93. The number of amides is 1. The summed E-state index contributed by atoms with van der Waals surface area (Å²) in [6.45, 7) is 0. The Morgan fingerprint density at radius 1 is 1.31 bits per heavy atom. The Bertz CT molecular complexity index is 334. The van der Waals surface area contributed by atoms with Gasteiger partial charge in [-0.05, 0) is 5.56 Å². The zero-order valence-electron chi connectivity index (χ0n) is 6.97. The number of rotatable bonds is 2. The molecule has 4 nitrogen and oxygen atoms in total. The highest BCUT2D eigenvalue weighted by molar-refractivity contribution is 5.82. The van der Waals surface area contributed by atoms with Crippen LogP contribution in [-0.2, 0) is 11.2 Å². The molecule has 0 aliphatic carbocycles. The smallest absolute Gasteiger partial charge is 0.268 e. The number of nitrogens with zero attached hydrogens (tertiary/aromatic N) is 2. The van der Waals surface area contributed by atoms with Crippen molar-refractivity contribution in [2.75, 3.05) is 0 Å². The van der Waals surface area contributed by atoms with Gasteiger partial charge < -0.3 is 0 Å². The van der Waals surface area contributed by atoms with Crippen LogP contribution in [0.2, 0.25) is 0 Å².